The van der Waals surface area contributed by atoms with Crippen LogP contribution in [0.2, 0.25) is 0 Å². The third-order valence-electron chi connectivity index (χ3n) is 3.08. The van der Waals surface area contributed by atoms with E-state index in [2.05, 4.69) is 26.1 Å². The number of aromatic hydroxyl groups is 1. The Labute approximate surface area is 85.0 Å². The summed E-state index contributed by atoms with van der Waals surface area (Å²) in [5, 5.41) is 13.0. The molecule has 14 heavy (non-hydrogen) atoms. The Morgan fingerprint density at radius 2 is 2.14 bits per heavy atom. The molecule has 0 fully saturated rings. The number of hydrogen-bond acceptors (Lipinski definition) is 2. The topological polar surface area (TPSA) is 32.3 Å². The Hall–Kier alpha value is -1.02. The maximum absolute atomic E-state index is 9.49. The summed E-state index contributed by atoms with van der Waals surface area (Å²) in [4.78, 5) is 0. The molecular weight excluding hydrogens is 174 g/mol. The molecule has 1 atom stereocenters. The quantitative estimate of drug-likeness (QED) is 0.659. The van der Waals surface area contributed by atoms with E-state index in [0.717, 1.165) is 6.54 Å². The third kappa shape index (κ3) is 1.40. The Kier molecular flexibility index (Phi) is 2.04. The van der Waals surface area contributed by atoms with Gasteiger partial charge in [-0.3, -0.25) is 0 Å². The molecule has 1 heterocycles. The van der Waals surface area contributed by atoms with Gasteiger partial charge in [0.15, 0.2) is 0 Å². The van der Waals surface area contributed by atoms with Gasteiger partial charge in [0.2, 0.25) is 0 Å². The summed E-state index contributed by atoms with van der Waals surface area (Å²) in [5.74, 6) is 0.367. The second-order valence-electron chi connectivity index (χ2n) is 4.76. The maximum atomic E-state index is 9.49. The van der Waals surface area contributed by atoms with Gasteiger partial charge in [-0.15, -0.1) is 0 Å². The third-order valence-corrected chi connectivity index (χ3v) is 3.08. The number of nitrogens with one attached hydrogen (secondary N) is 1. The van der Waals surface area contributed by atoms with Crippen LogP contribution >= 0.6 is 0 Å². The molecular formula is C12H17NO. The SMILES string of the molecule is CC1NCC(C)(C)c2cc(O)ccc21. The van der Waals surface area contributed by atoms with Crippen molar-refractivity contribution in [1.29, 1.82) is 0 Å². The number of rotatable bonds is 0. The molecule has 2 N–H and O–H groups in total. The minimum Gasteiger partial charge on any atom is -0.508 e. The number of phenols is 1. The molecule has 2 nitrogen and oxygen atoms in total. The second kappa shape index (κ2) is 2.99. The van der Waals surface area contributed by atoms with Gasteiger partial charge in [-0.25, -0.2) is 0 Å². The number of hydrogen-bond donors (Lipinski definition) is 2. The molecule has 0 saturated carbocycles. The first-order valence-corrected chi connectivity index (χ1v) is 5.07. The summed E-state index contributed by atoms with van der Waals surface area (Å²) >= 11 is 0. The molecule has 2 heteroatoms. The van der Waals surface area contributed by atoms with Crippen molar-refractivity contribution in [3.63, 3.8) is 0 Å². The maximum Gasteiger partial charge on any atom is 0.115 e. The lowest BCUT2D eigenvalue weighted by Gasteiger charge is -2.36. The fourth-order valence-electron chi connectivity index (χ4n) is 2.12. The highest BCUT2D eigenvalue weighted by Gasteiger charge is 2.30. The van der Waals surface area contributed by atoms with E-state index in [1.807, 2.05) is 12.1 Å². The molecule has 0 aliphatic carbocycles. The lowest BCUT2D eigenvalue weighted by atomic mass is 9.77. The van der Waals surface area contributed by atoms with Crippen LogP contribution in [-0.2, 0) is 5.41 Å². The van der Waals surface area contributed by atoms with Crippen molar-refractivity contribution in [3.8, 4) is 5.75 Å². The Morgan fingerprint density at radius 3 is 2.86 bits per heavy atom. The molecule has 0 aromatic heterocycles. The van der Waals surface area contributed by atoms with Crippen LogP contribution in [0.25, 0.3) is 0 Å². The second-order valence-corrected chi connectivity index (χ2v) is 4.76. The largest absolute Gasteiger partial charge is 0.508 e. The van der Waals surface area contributed by atoms with Crippen molar-refractivity contribution < 1.29 is 5.11 Å². The molecule has 0 saturated heterocycles. The van der Waals surface area contributed by atoms with E-state index < -0.39 is 0 Å². The molecule has 2 rings (SSSR count). The fraction of sp³-hybridized carbons (Fsp3) is 0.500. The van der Waals surface area contributed by atoms with Gasteiger partial charge in [-0.1, -0.05) is 19.9 Å². The predicted octanol–water partition coefficient (Wildman–Crippen LogP) is 2.33. The molecule has 0 amide bonds. The molecule has 1 aliphatic heterocycles. The van der Waals surface area contributed by atoms with Crippen molar-refractivity contribution in [3.05, 3.63) is 29.3 Å². The lowest BCUT2D eigenvalue weighted by molar-refractivity contribution is 0.390. The first-order chi connectivity index (χ1) is 6.50. The van der Waals surface area contributed by atoms with Crippen LogP contribution < -0.4 is 5.32 Å². The summed E-state index contributed by atoms with van der Waals surface area (Å²) in [6.45, 7) is 7.52. The summed E-state index contributed by atoms with van der Waals surface area (Å²) in [6.07, 6.45) is 0. The van der Waals surface area contributed by atoms with E-state index in [1.54, 1.807) is 6.07 Å². The Morgan fingerprint density at radius 1 is 1.43 bits per heavy atom. The van der Waals surface area contributed by atoms with Gasteiger partial charge >= 0.3 is 0 Å². The van der Waals surface area contributed by atoms with Crippen LogP contribution in [0.15, 0.2) is 18.2 Å². The first kappa shape index (κ1) is 9.53. The zero-order chi connectivity index (χ0) is 10.3. The van der Waals surface area contributed by atoms with Gasteiger partial charge in [0.05, 0.1) is 0 Å². The highest BCUT2D eigenvalue weighted by Crippen LogP contribution is 2.35. The lowest BCUT2D eigenvalue weighted by Crippen LogP contribution is -2.40. The van der Waals surface area contributed by atoms with Gasteiger partial charge < -0.3 is 10.4 Å². The van der Waals surface area contributed by atoms with Crippen molar-refractivity contribution in [1.82, 2.24) is 5.32 Å². The van der Waals surface area contributed by atoms with Crippen LogP contribution in [0.5, 0.6) is 5.75 Å². The van der Waals surface area contributed by atoms with E-state index in [-0.39, 0.29) is 5.41 Å². The Bertz CT molecular complexity index is 357. The average Bonchev–Trinajstić information content (AvgIpc) is 2.12. The van der Waals surface area contributed by atoms with Crippen LogP contribution in [0.1, 0.15) is 37.9 Å². The van der Waals surface area contributed by atoms with Gasteiger partial charge in [-0.05, 0) is 30.2 Å². The zero-order valence-corrected chi connectivity index (χ0v) is 8.96. The average molecular weight is 191 g/mol. The molecule has 1 aliphatic rings. The van der Waals surface area contributed by atoms with Crippen LogP contribution in [0.3, 0.4) is 0 Å². The predicted molar refractivity (Wildman–Crippen MR) is 57.6 cm³/mol. The van der Waals surface area contributed by atoms with E-state index in [0.29, 0.717) is 11.8 Å². The van der Waals surface area contributed by atoms with Crippen molar-refractivity contribution >= 4 is 0 Å². The smallest absolute Gasteiger partial charge is 0.115 e. The van der Waals surface area contributed by atoms with Crippen molar-refractivity contribution in [2.75, 3.05) is 6.54 Å². The van der Waals surface area contributed by atoms with Gasteiger partial charge in [-0.2, -0.15) is 0 Å². The van der Waals surface area contributed by atoms with Gasteiger partial charge in [0, 0.05) is 18.0 Å². The molecule has 0 bridgehead atoms. The van der Waals surface area contributed by atoms with E-state index in [9.17, 15) is 5.11 Å². The van der Waals surface area contributed by atoms with E-state index >= 15 is 0 Å². The highest BCUT2D eigenvalue weighted by molar-refractivity contribution is 5.42. The summed E-state index contributed by atoms with van der Waals surface area (Å²) < 4.78 is 0. The number of benzene rings is 1. The first-order valence-electron chi connectivity index (χ1n) is 5.07. The molecule has 1 aromatic carbocycles. The summed E-state index contributed by atoms with van der Waals surface area (Å²) in [6, 6.07) is 6.06. The highest BCUT2D eigenvalue weighted by atomic mass is 16.3. The molecule has 1 aromatic rings. The minimum absolute atomic E-state index is 0.112. The zero-order valence-electron chi connectivity index (χ0n) is 8.96. The van der Waals surface area contributed by atoms with E-state index in [1.165, 1.54) is 11.1 Å². The molecule has 0 radical (unpaired) electrons. The molecule has 1 unspecified atom stereocenters. The van der Waals surface area contributed by atoms with Crippen LogP contribution in [-0.4, -0.2) is 11.7 Å². The van der Waals surface area contributed by atoms with E-state index in [4.69, 9.17) is 0 Å². The van der Waals surface area contributed by atoms with Gasteiger partial charge in [0.25, 0.3) is 0 Å². The molecule has 0 spiro atoms. The fourth-order valence-corrected chi connectivity index (χ4v) is 2.12. The summed E-state index contributed by atoms with van der Waals surface area (Å²) in [7, 11) is 0. The Balaban J connectivity index is 2.58. The normalized spacial score (nSPS) is 24.4. The number of fused-ring (bicyclic) bond motifs is 1. The van der Waals surface area contributed by atoms with Gasteiger partial charge in [0.1, 0.15) is 5.75 Å². The summed E-state index contributed by atoms with van der Waals surface area (Å²) in [5.41, 5.74) is 2.68. The van der Waals surface area contributed by atoms with Crippen LogP contribution in [0.4, 0.5) is 0 Å². The van der Waals surface area contributed by atoms with Crippen molar-refractivity contribution in [2.24, 2.45) is 0 Å². The molecule has 76 valence electrons. The van der Waals surface area contributed by atoms with Crippen LogP contribution in [0, 0.1) is 0 Å². The minimum atomic E-state index is 0.112. The monoisotopic (exact) mass is 191 g/mol. The standard InChI is InChI=1S/C12H17NO/c1-8-10-5-4-9(14)6-11(10)12(2,3)7-13-8/h4-6,8,13-14H,7H2,1-3H3. The van der Waals surface area contributed by atoms with Crippen molar-refractivity contribution in [2.45, 2.75) is 32.2 Å². The number of phenolic OH excluding ortho intramolecular Hbond substituents is 1.